The second-order valence-electron chi connectivity index (χ2n) is 4.65. The zero-order chi connectivity index (χ0) is 14.1. The number of halogens is 1. The van der Waals surface area contributed by atoms with Crippen molar-refractivity contribution in [3.05, 3.63) is 41.2 Å². The molecule has 0 bridgehead atoms. The maximum Gasteiger partial charge on any atom is 0.256 e. The summed E-state index contributed by atoms with van der Waals surface area (Å²) < 4.78 is 11.4. The van der Waals surface area contributed by atoms with E-state index in [1.807, 2.05) is 24.3 Å². The molecule has 1 amide bonds. The topological polar surface area (TPSA) is 50.3 Å². The number of hydrogen-bond acceptors (Lipinski definition) is 3. The summed E-state index contributed by atoms with van der Waals surface area (Å²) >= 11 is 6.06. The monoisotopic (exact) mass is 308 g/mol. The van der Waals surface area contributed by atoms with Crippen molar-refractivity contribution in [1.82, 2.24) is 9.88 Å². The molecular weight excluding hydrogens is 296 g/mol. The Morgan fingerprint density at radius 3 is 2.55 bits per heavy atom. The van der Waals surface area contributed by atoms with Gasteiger partial charge in [0, 0.05) is 47.0 Å². The fourth-order valence-electron chi connectivity index (χ4n) is 2.34. The van der Waals surface area contributed by atoms with Crippen LogP contribution >= 0.6 is 11.6 Å². The number of pyridine rings is 1. The van der Waals surface area contributed by atoms with Crippen molar-refractivity contribution in [2.45, 2.75) is 0 Å². The van der Waals surface area contributed by atoms with Gasteiger partial charge in [-0.2, -0.15) is 0 Å². The number of carbonyl (C=O) groups is 1. The van der Waals surface area contributed by atoms with Crippen LogP contribution in [-0.4, -0.2) is 44.6 Å². The summed E-state index contributed by atoms with van der Waals surface area (Å²) in [7, 11) is -0.795. The van der Waals surface area contributed by atoms with Crippen molar-refractivity contribution >= 4 is 39.1 Å². The first-order chi connectivity index (χ1) is 9.66. The van der Waals surface area contributed by atoms with Crippen molar-refractivity contribution in [3.63, 3.8) is 0 Å². The molecule has 3 rings (SSSR count). The molecule has 1 fully saturated rings. The summed E-state index contributed by atoms with van der Waals surface area (Å²) in [6.45, 7) is 1.06. The number of hydrogen-bond donors (Lipinski definition) is 0. The largest absolute Gasteiger partial charge is 0.337 e. The second-order valence-corrected chi connectivity index (χ2v) is 6.70. The average Bonchev–Trinajstić information content (AvgIpc) is 2.48. The number of rotatable bonds is 1. The van der Waals surface area contributed by atoms with Crippen molar-refractivity contribution in [2.75, 3.05) is 24.6 Å². The maximum absolute atomic E-state index is 12.6. The standard InChI is InChI=1S/C14H13ClN2O2S/c15-13-11-4-2-1-3-10(11)12(9-16-13)14(18)17-5-7-20(19)8-6-17/h1-4,9H,5-8H2. The molecular formula is C14H13ClN2O2S. The lowest BCUT2D eigenvalue weighted by Gasteiger charge is -2.26. The Balaban J connectivity index is 2.00. The van der Waals surface area contributed by atoms with E-state index in [0.717, 1.165) is 10.8 Å². The van der Waals surface area contributed by atoms with Crippen molar-refractivity contribution in [2.24, 2.45) is 0 Å². The predicted molar refractivity (Wildman–Crippen MR) is 80.5 cm³/mol. The Kier molecular flexibility index (Phi) is 3.72. The van der Waals surface area contributed by atoms with Crippen LogP contribution in [-0.2, 0) is 10.8 Å². The zero-order valence-corrected chi connectivity index (χ0v) is 12.3. The highest BCUT2D eigenvalue weighted by molar-refractivity contribution is 7.85. The molecule has 2 heterocycles. The average molecular weight is 309 g/mol. The SMILES string of the molecule is O=C(c1cnc(Cl)c2ccccc12)N1CCS(=O)CC1. The number of aromatic nitrogens is 1. The number of fused-ring (bicyclic) bond motifs is 1. The van der Waals surface area contributed by atoms with Gasteiger partial charge in [-0.05, 0) is 5.39 Å². The second kappa shape index (κ2) is 5.50. The first kappa shape index (κ1) is 13.5. The lowest BCUT2D eigenvalue weighted by molar-refractivity contribution is 0.0773. The number of benzene rings is 1. The number of carbonyl (C=O) groups excluding carboxylic acids is 1. The fourth-order valence-corrected chi connectivity index (χ4v) is 3.61. The van der Waals surface area contributed by atoms with E-state index >= 15 is 0 Å². The van der Waals surface area contributed by atoms with E-state index in [9.17, 15) is 9.00 Å². The molecule has 104 valence electrons. The predicted octanol–water partition coefficient (Wildman–Crippen LogP) is 2.09. The maximum atomic E-state index is 12.6. The van der Waals surface area contributed by atoms with Gasteiger partial charge in [0.15, 0.2) is 0 Å². The molecule has 0 aliphatic carbocycles. The lowest BCUT2D eigenvalue weighted by Crippen LogP contribution is -2.41. The van der Waals surface area contributed by atoms with Crippen LogP contribution in [0.2, 0.25) is 5.15 Å². The van der Waals surface area contributed by atoms with Crippen LogP contribution in [0.3, 0.4) is 0 Å². The third-order valence-electron chi connectivity index (χ3n) is 3.44. The summed E-state index contributed by atoms with van der Waals surface area (Å²) in [5.41, 5.74) is 0.553. The van der Waals surface area contributed by atoms with Crippen LogP contribution in [0, 0.1) is 0 Å². The molecule has 1 aromatic carbocycles. The molecule has 4 nitrogen and oxygen atoms in total. The van der Waals surface area contributed by atoms with Gasteiger partial charge < -0.3 is 4.90 Å². The minimum Gasteiger partial charge on any atom is -0.337 e. The van der Waals surface area contributed by atoms with Crippen LogP contribution in [0.15, 0.2) is 30.5 Å². The Morgan fingerprint density at radius 1 is 1.20 bits per heavy atom. The van der Waals surface area contributed by atoms with Gasteiger partial charge in [0.25, 0.3) is 5.91 Å². The molecule has 1 aliphatic rings. The van der Waals surface area contributed by atoms with Gasteiger partial charge in [0.05, 0.1) is 5.56 Å². The van der Waals surface area contributed by atoms with E-state index in [4.69, 9.17) is 11.6 Å². The molecule has 0 saturated carbocycles. The molecule has 0 spiro atoms. The molecule has 2 aromatic rings. The van der Waals surface area contributed by atoms with E-state index in [2.05, 4.69) is 4.98 Å². The first-order valence-electron chi connectivity index (χ1n) is 6.34. The van der Waals surface area contributed by atoms with Crippen molar-refractivity contribution in [3.8, 4) is 0 Å². The molecule has 1 aliphatic heterocycles. The molecule has 1 saturated heterocycles. The van der Waals surface area contributed by atoms with Crippen LogP contribution < -0.4 is 0 Å². The number of amides is 1. The summed E-state index contributed by atoms with van der Waals surface area (Å²) in [4.78, 5) is 18.4. The van der Waals surface area contributed by atoms with Gasteiger partial charge in [-0.3, -0.25) is 9.00 Å². The van der Waals surface area contributed by atoms with Gasteiger partial charge in [0.1, 0.15) is 5.15 Å². The van der Waals surface area contributed by atoms with Gasteiger partial charge in [-0.1, -0.05) is 35.9 Å². The Morgan fingerprint density at radius 2 is 1.85 bits per heavy atom. The zero-order valence-electron chi connectivity index (χ0n) is 10.7. The number of nitrogens with zero attached hydrogens (tertiary/aromatic N) is 2. The van der Waals surface area contributed by atoms with E-state index in [1.54, 1.807) is 4.90 Å². The summed E-state index contributed by atoms with van der Waals surface area (Å²) in [6, 6.07) is 7.47. The molecule has 1 aromatic heterocycles. The molecule has 0 N–H and O–H groups in total. The lowest BCUT2D eigenvalue weighted by atomic mass is 10.1. The van der Waals surface area contributed by atoms with Crippen LogP contribution in [0.5, 0.6) is 0 Å². The highest BCUT2D eigenvalue weighted by Crippen LogP contribution is 2.25. The third-order valence-corrected chi connectivity index (χ3v) is 5.02. The fraction of sp³-hybridized carbons (Fsp3) is 0.286. The Bertz CT molecular complexity index is 695. The van der Waals surface area contributed by atoms with Gasteiger partial charge >= 0.3 is 0 Å². The normalized spacial score (nSPS) is 16.6. The Labute approximate surface area is 124 Å². The third kappa shape index (κ3) is 2.43. The summed E-state index contributed by atoms with van der Waals surface area (Å²) in [5, 5.41) is 1.99. The van der Waals surface area contributed by atoms with Gasteiger partial charge in [-0.25, -0.2) is 4.98 Å². The first-order valence-corrected chi connectivity index (χ1v) is 8.21. The molecule has 0 radical (unpaired) electrons. The summed E-state index contributed by atoms with van der Waals surface area (Å²) in [5.74, 6) is 1.03. The van der Waals surface area contributed by atoms with Crippen LogP contribution in [0.4, 0.5) is 0 Å². The van der Waals surface area contributed by atoms with Gasteiger partial charge in [-0.15, -0.1) is 0 Å². The molecule has 0 unspecified atom stereocenters. The molecule has 20 heavy (non-hydrogen) atoms. The van der Waals surface area contributed by atoms with Gasteiger partial charge in [0.2, 0.25) is 0 Å². The minimum atomic E-state index is -0.795. The quantitative estimate of drug-likeness (QED) is 0.758. The van der Waals surface area contributed by atoms with E-state index < -0.39 is 10.8 Å². The summed E-state index contributed by atoms with van der Waals surface area (Å²) in [6.07, 6.45) is 1.53. The minimum absolute atomic E-state index is 0.0675. The van der Waals surface area contributed by atoms with E-state index in [1.165, 1.54) is 6.20 Å². The smallest absolute Gasteiger partial charge is 0.256 e. The highest BCUT2D eigenvalue weighted by Gasteiger charge is 2.23. The highest BCUT2D eigenvalue weighted by atomic mass is 35.5. The van der Waals surface area contributed by atoms with E-state index in [0.29, 0.717) is 35.3 Å². The van der Waals surface area contributed by atoms with Crippen molar-refractivity contribution < 1.29 is 9.00 Å². The van der Waals surface area contributed by atoms with Crippen molar-refractivity contribution in [1.29, 1.82) is 0 Å². The van der Waals surface area contributed by atoms with E-state index in [-0.39, 0.29) is 5.91 Å². The van der Waals surface area contributed by atoms with Crippen LogP contribution in [0.25, 0.3) is 10.8 Å². The molecule has 6 heteroatoms. The Hall–Kier alpha value is -1.46. The van der Waals surface area contributed by atoms with Crippen LogP contribution in [0.1, 0.15) is 10.4 Å². The molecule has 0 atom stereocenters.